The van der Waals surface area contributed by atoms with E-state index in [1.807, 2.05) is 11.8 Å². The van der Waals surface area contributed by atoms with Gasteiger partial charge in [-0.15, -0.1) is 23.1 Å². The fraction of sp³-hybridized carbons (Fsp3) is 0.111. The molecule has 0 saturated heterocycles. The van der Waals surface area contributed by atoms with E-state index in [-0.39, 0.29) is 0 Å². The van der Waals surface area contributed by atoms with Crippen molar-refractivity contribution in [3.8, 4) is 11.8 Å². The van der Waals surface area contributed by atoms with Crippen LogP contribution >= 0.6 is 23.1 Å². The van der Waals surface area contributed by atoms with Crippen LogP contribution in [0.4, 0.5) is 0 Å². The summed E-state index contributed by atoms with van der Waals surface area (Å²) in [5.74, 6) is 6.95. The fourth-order valence-corrected chi connectivity index (χ4v) is 3.94. The minimum atomic E-state index is 0.416. The highest BCUT2D eigenvalue weighted by atomic mass is 32.2. The van der Waals surface area contributed by atoms with Crippen molar-refractivity contribution in [2.24, 2.45) is 5.73 Å². The van der Waals surface area contributed by atoms with E-state index in [1.165, 1.54) is 20.5 Å². The normalized spacial score (nSPS) is 10.3. The summed E-state index contributed by atoms with van der Waals surface area (Å²) >= 11 is 3.61. The lowest BCUT2D eigenvalue weighted by molar-refractivity contribution is 1.30. The molecule has 0 aliphatic heterocycles. The topological polar surface area (TPSA) is 26.0 Å². The average Bonchev–Trinajstić information content (AvgIpc) is 2.98. The SMILES string of the molecule is NCC#Cc1ccc(CSc2ccc3ccccc3c2)s1. The summed E-state index contributed by atoms with van der Waals surface area (Å²) < 4.78 is 0. The van der Waals surface area contributed by atoms with Crippen molar-refractivity contribution in [2.45, 2.75) is 10.6 Å². The average molecular weight is 309 g/mol. The van der Waals surface area contributed by atoms with Crippen molar-refractivity contribution >= 4 is 33.9 Å². The summed E-state index contributed by atoms with van der Waals surface area (Å²) in [6, 6.07) is 19.3. The molecule has 1 nitrogen and oxygen atoms in total. The third kappa shape index (κ3) is 3.68. The second-order valence-corrected chi connectivity index (χ2v) is 6.79. The van der Waals surface area contributed by atoms with Gasteiger partial charge in [-0.05, 0) is 35.0 Å². The van der Waals surface area contributed by atoms with Gasteiger partial charge in [0, 0.05) is 15.5 Å². The van der Waals surface area contributed by atoms with E-state index in [4.69, 9.17) is 5.73 Å². The zero-order valence-electron chi connectivity index (χ0n) is 11.5. The van der Waals surface area contributed by atoms with Crippen LogP contribution in [-0.2, 0) is 5.75 Å². The summed E-state index contributed by atoms with van der Waals surface area (Å²) in [6.45, 7) is 0.416. The van der Waals surface area contributed by atoms with Crippen LogP contribution in [0.1, 0.15) is 9.75 Å². The van der Waals surface area contributed by atoms with Crippen LogP contribution in [0.5, 0.6) is 0 Å². The standard InChI is InChI=1S/C18H15NS2/c19-11-3-6-16-9-10-18(21-16)13-20-17-8-7-14-4-1-2-5-15(14)12-17/h1-2,4-5,7-10,12H,11,13,19H2. The fourth-order valence-electron chi connectivity index (χ4n) is 2.07. The molecule has 0 saturated carbocycles. The maximum absolute atomic E-state index is 5.39. The first-order valence-electron chi connectivity index (χ1n) is 6.74. The molecule has 21 heavy (non-hydrogen) atoms. The summed E-state index contributed by atoms with van der Waals surface area (Å²) in [4.78, 5) is 3.74. The van der Waals surface area contributed by atoms with Crippen molar-refractivity contribution in [3.05, 3.63) is 64.4 Å². The Kier molecular flexibility index (Phi) is 4.62. The lowest BCUT2D eigenvalue weighted by Gasteiger charge is -2.02. The largest absolute Gasteiger partial charge is 0.320 e. The van der Waals surface area contributed by atoms with Crippen molar-refractivity contribution in [3.63, 3.8) is 0 Å². The molecule has 0 spiro atoms. The number of rotatable bonds is 3. The number of hydrogen-bond donors (Lipinski definition) is 1. The van der Waals surface area contributed by atoms with E-state index < -0.39 is 0 Å². The Morgan fingerprint density at radius 3 is 2.71 bits per heavy atom. The molecule has 0 fully saturated rings. The molecule has 3 heteroatoms. The second kappa shape index (κ2) is 6.82. The molecule has 0 aliphatic carbocycles. The minimum absolute atomic E-state index is 0.416. The highest BCUT2D eigenvalue weighted by Crippen LogP contribution is 2.28. The van der Waals surface area contributed by atoms with Crippen molar-refractivity contribution in [1.82, 2.24) is 0 Å². The lowest BCUT2D eigenvalue weighted by Crippen LogP contribution is -1.92. The Hall–Kier alpha value is -1.73. The molecule has 0 atom stereocenters. The van der Waals surface area contributed by atoms with Gasteiger partial charge >= 0.3 is 0 Å². The van der Waals surface area contributed by atoms with Crippen molar-refractivity contribution in [1.29, 1.82) is 0 Å². The van der Waals surface area contributed by atoms with Crippen LogP contribution in [0, 0.1) is 11.8 Å². The van der Waals surface area contributed by atoms with Crippen LogP contribution in [-0.4, -0.2) is 6.54 Å². The van der Waals surface area contributed by atoms with Gasteiger partial charge in [0.1, 0.15) is 0 Å². The summed E-state index contributed by atoms with van der Waals surface area (Å²) in [6.07, 6.45) is 0. The molecule has 0 radical (unpaired) electrons. The van der Waals surface area contributed by atoms with Gasteiger partial charge in [0.2, 0.25) is 0 Å². The van der Waals surface area contributed by atoms with Crippen molar-refractivity contribution < 1.29 is 0 Å². The molecule has 1 aromatic heterocycles. The zero-order valence-corrected chi connectivity index (χ0v) is 13.1. The predicted molar refractivity (Wildman–Crippen MR) is 93.8 cm³/mol. The molecule has 0 bridgehead atoms. The molecule has 0 aliphatic rings. The molecule has 0 amide bonds. The third-order valence-electron chi connectivity index (χ3n) is 3.08. The highest BCUT2D eigenvalue weighted by molar-refractivity contribution is 7.98. The number of fused-ring (bicyclic) bond motifs is 1. The molecular formula is C18H15NS2. The van der Waals surface area contributed by atoms with Crippen LogP contribution in [0.25, 0.3) is 10.8 Å². The van der Waals surface area contributed by atoms with Gasteiger partial charge in [0.05, 0.1) is 11.4 Å². The number of thioether (sulfide) groups is 1. The van der Waals surface area contributed by atoms with E-state index in [9.17, 15) is 0 Å². The zero-order chi connectivity index (χ0) is 14.5. The molecule has 1 heterocycles. The van der Waals surface area contributed by atoms with Crippen LogP contribution < -0.4 is 5.73 Å². The van der Waals surface area contributed by atoms with Gasteiger partial charge in [0.25, 0.3) is 0 Å². The van der Waals surface area contributed by atoms with Gasteiger partial charge in [-0.1, -0.05) is 42.2 Å². The van der Waals surface area contributed by atoms with Crippen LogP contribution in [0.2, 0.25) is 0 Å². The number of benzene rings is 2. The van der Waals surface area contributed by atoms with Crippen molar-refractivity contribution in [2.75, 3.05) is 6.54 Å². The summed E-state index contributed by atoms with van der Waals surface area (Å²) in [7, 11) is 0. The highest BCUT2D eigenvalue weighted by Gasteiger charge is 2.01. The van der Waals surface area contributed by atoms with Gasteiger partial charge in [-0.2, -0.15) is 0 Å². The second-order valence-electron chi connectivity index (χ2n) is 4.57. The maximum Gasteiger partial charge on any atom is 0.0772 e. The number of hydrogen-bond acceptors (Lipinski definition) is 3. The van der Waals surface area contributed by atoms with Crippen LogP contribution in [0.15, 0.2) is 59.5 Å². The number of nitrogens with two attached hydrogens (primary N) is 1. The Morgan fingerprint density at radius 2 is 1.86 bits per heavy atom. The maximum atomic E-state index is 5.39. The van der Waals surface area contributed by atoms with Gasteiger partial charge in [0.15, 0.2) is 0 Å². The Labute approximate surface area is 133 Å². The molecule has 0 unspecified atom stereocenters. The Balaban J connectivity index is 1.69. The first-order valence-corrected chi connectivity index (χ1v) is 8.54. The van der Waals surface area contributed by atoms with E-state index in [2.05, 4.69) is 66.4 Å². The predicted octanol–water partition coefficient (Wildman–Crippen LogP) is 4.50. The summed E-state index contributed by atoms with van der Waals surface area (Å²) in [5, 5.41) is 2.58. The Morgan fingerprint density at radius 1 is 1.00 bits per heavy atom. The Bertz CT molecular complexity index is 808. The lowest BCUT2D eigenvalue weighted by atomic mass is 10.1. The van der Waals surface area contributed by atoms with E-state index in [0.717, 1.165) is 10.6 Å². The molecule has 3 aromatic rings. The first kappa shape index (κ1) is 14.2. The van der Waals surface area contributed by atoms with E-state index in [0.29, 0.717) is 6.54 Å². The molecule has 104 valence electrons. The summed E-state index contributed by atoms with van der Waals surface area (Å²) in [5.41, 5.74) is 5.39. The van der Waals surface area contributed by atoms with E-state index in [1.54, 1.807) is 11.3 Å². The molecular weight excluding hydrogens is 294 g/mol. The number of thiophene rings is 1. The smallest absolute Gasteiger partial charge is 0.0772 e. The third-order valence-corrected chi connectivity index (χ3v) is 5.30. The molecule has 2 N–H and O–H groups in total. The van der Waals surface area contributed by atoms with Gasteiger partial charge in [-0.3, -0.25) is 0 Å². The van der Waals surface area contributed by atoms with Gasteiger partial charge < -0.3 is 5.73 Å². The minimum Gasteiger partial charge on any atom is -0.320 e. The monoisotopic (exact) mass is 309 g/mol. The molecule has 3 rings (SSSR count). The molecule has 2 aromatic carbocycles. The van der Waals surface area contributed by atoms with Crippen LogP contribution in [0.3, 0.4) is 0 Å². The van der Waals surface area contributed by atoms with E-state index >= 15 is 0 Å². The van der Waals surface area contributed by atoms with Gasteiger partial charge in [-0.25, -0.2) is 0 Å². The first-order chi connectivity index (χ1) is 10.3. The quantitative estimate of drug-likeness (QED) is 0.569.